The number of carbonyl (C=O) groups is 3. The quantitative estimate of drug-likeness (QED) is 0.496. The summed E-state index contributed by atoms with van der Waals surface area (Å²) in [6.45, 7) is 10.8. The third kappa shape index (κ3) is 3.56. The van der Waals surface area contributed by atoms with Gasteiger partial charge in [-0.05, 0) is 58.1 Å². The average Bonchev–Trinajstić information content (AvgIpc) is 2.91. The molecule has 1 heterocycles. The van der Waals surface area contributed by atoms with Crippen LogP contribution in [0.1, 0.15) is 71.2 Å². The minimum atomic E-state index is -0.967. The number of rotatable bonds is 4. The summed E-state index contributed by atoms with van der Waals surface area (Å²) in [6, 6.07) is 8.84. The standard InChI is InChI=1S/C26H34O7/c1-15-12-13-20(32-23(29)18-10-8-7-9-11-18)25(6)21(30-16(2)27)14-19-22(31-17(3)28)26(15,25)33-24(19,4)5/h7-11,15,19-22H,12-14H2,1-6H3/t15-,19-,20-,21+,22-,25+,26-/m1/s1. The molecule has 180 valence electrons. The molecule has 0 N–H and O–H groups in total. The van der Waals surface area contributed by atoms with E-state index < -0.39 is 46.9 Å². The summed E-state index contributed by atoms with van der Waals surface area (Å²) in [6.07, 6.45) is 0.0975. The van der Waals surface area contributed by atoms with Crippen molar-refractivity contribution < 1.29 is 33.3 Å². The molecular weight excluding hydrogens is 424 g/mol. The number of fused-ring (bicyclic) bond motifs is 1. The zero-order valence-corrected chi connectivity index (χ0v) is 20.3. The highest BCUT2D eigenvalue weighted by atomic mass is 16.6. The normalized spacial score (nSPS) is 38.7. The van der Waals surface area contributed by atoms with Gasteiger partial charge < -0.3 is 18.9 Å². The van der Waals surface area contributed by atoms with Gasteiger partial charge in [-0.2, -0.15) is 0 Å². The molecule has 33 heavy (non-hydrogen) atoms. The van der Waals surface area contributed by atoms with Crippen molar-refractivity contribution in [2.24, 2.45) is 17.3 Å². The Labute approximate surface area is 195 Å². The van der Waals surface area contributed by atoms with Crippen molar-refractivity contribution in [3.8, 4) is 0 Å². The Balaban J connectivity index is 1.83. The van der Waals surface area contributed by atoms with Crippen LogP contribution in [0.2, 0.25) is 0 Å². The maximum Gasteiger partial charge on any atom is 0.338 e. The minimum Gasteiger partial charge on any atom is -0.462 e. The number of hydrogen-bond acceptors (Lipinski definition) is 7. The lowest BCUT2D eigenvalue weighted by atomic mass is 9.49. The molecule has 1 spiro atoms. The Kier molecular flexibility index (Phi) is 5.84. The van der Waals surface area contributed by atoms with Crippen LogP contribution in [-0.4, -0.2) is 47.4 Å². The van der Waals surface area contributed by atoms with Crippen molar-refractivity contribution in [1.82, 2.24) is 0 Å². The summed E-state index contributed by atoms with van der Waals surface area (Å²) in [5, 5.41) is 0. The van der Waals surface area contributed by atoms with Crippen molar-refractivity contribution in [2.75, 3.05) is 0 Å². The molecule has 7 heteroatoms. The summed E-state index contributed by atoms with van der Waals surface area (Å²) < 4.78 is 24.8. The zero-order chi connectivity index (χ0) is 24.2. The summed E-state index contributed by atoms with van der Waals surface area (Å²) in [4.78, 5) is 37.4. The van der Waals surface area contributed by atoms with Crippen LogP contribution in [0.25, 0.3) is 0 Å². The molecule has 7 atom stereocenters. The summed E-state index contributed by atoms with van der Waals surface area (Å²) in [5.74, 6) is -1.39. The Morgan fingerprint density at radius 1 is 0.909 bits per heavy atom. The van der Waals surface area contributed by atoms with E-state index in [9.17, 15) is 14.4 Å². The van der Waals surface area contributed by atoms with Crippen LogP contribution in [0, 0.1) is 17.3 Å². The third-order valence-corrected chi connectivity index (χ3v) is 8.21. The average molecular weight is 459 g/mol. The number of esters is 3. The van der Waals surface area contributed by atoms with Gasteiger partial charge in [-0.25, -0.2) is 4.79 Å². The molecule has 3 fully saturated rings. The fourth-order valence-electron chi connectivity index (χ4n) is 6.74. The molecule has 7 nitrogen and oxygen atoms in total. The second-order valence-electron chi connectivity index (χ2n) is 10.5. The first kappa shape index (κ1) is 23.7. The number of hydrogen-bond donors (Lipinski definition) is 0. The van der Waals surface area contributed by atoms with Crippen LogP contribution in [0.15, 0.2) is 30.3 Å². The van der Waals surface area contributed by atoms with Crippen molar-refractivity contribution in [1.29, 1.82) is 0 Å². The largest absolute Gasteiger partial charge is 0.462 e. The van der Waals surface area contributed by atoms with E-state index in [-0.39, 0.29) is 17.8 Å². The highest BCUT2D eigenvalue weighted by molar-refractivity contribution is 5.89. The SMILES string of the molecule is CC(=O)O[C@H]1C[C@@H]2[C@@H](OC(C)=O)[C@]3(OC2(C)C)[C@H](C)CC[C@@H](OC(=O)c2ccccc2)[C@@]13C. The van der Waals surface area contributed by atoms with E-state index in [0.717, 1.165) is 6.42 Å². The van der Waals surface area contributed by atoms with Gasteiger partial charge in [-0.15, -0.1) is 0 Å². The van der Waals surface area contributed by atoms with Crippen LogP contribution in [-0.2, 0) is 28.5 Å². The van der Waals surface area contributed by atoms with Crippen LogP contribution in [0.4, 0.5) is 0 Å². The predicted octanol–water partition coefficient (Wildman–Crippen LogP) is 4.08. The molecule has 1 saturated heterocycles. The molecule has 3 aliphatic rings. The van der Waals surface area contributed by atoms with E-state index in [1.807, 2.05) is 26.8 Å². The van der Waals surface area contributed by atoms with Crippen molar-refractivity contribution in [3.05, 3.63) is 35.9 Å². The van der Waals surface area contributed by atoms with Crippen LogP contribution in [0.5, 0.6) is 0 Å². The Morgan fingerprint density at radius 3 is 2.15 bits per heavy atom. The molecule has 0 radical (unpaired) electrons. The van der Waals surface area contributed by atoms with E-state index in [4.69, 9.17) is 18.9 Å². The van der Waals surface area contributed by atoms with Gasteiger partial charge in [0.05, 0.1) is 16.6 Å². The van der Waals surface area contributed by atoms with Gasteiger partial charge in [0.2, 0.25) is 0 Å². The van der Waals surface area contributed by atoms with Gasteiger partial charge in [-0.1, -0.05) is 25.1 Å². The number of ether oxygens (including phenoxy) is 4. The highest BCUT2D eigenvalue weighted by Gasteiger charge is 2.78. The molecular formula is C26H34O7. The lowest BCUT2D eigenvalue weighted by Gasteiger charge is -2.61. The first-order valence-electron chi connectivity index (χ1n) is 11.7. The Hall–Kier alpha value is -2.41. The van der Waals surface area contributed by atoms with Gasteiger partial charge in [0.15, 0.2) is 0 Å². The molecule has 1 aromatic carbocycles. The Bertz CT molecular complexity index is 941. The topological polar surface area (TPSA) is 88.1 Å². The molecule has 2 aliphatic carbocycles. The first-order chi connectivity index (χ1) is 15.4. The first-order valence-corrected chi connectivity index (χ1v) is 11.7. The van der Waals surface area contributed by atoms with E-state index in [2.05, 4.69) is 6.92 Å². The van der Waals surface area contributed by atoms with Gasteiger partial charge >= 0.3 is 17.9 Å². The van der Waals surface area contributed by atoms with E-state index in [1.165, 1.54) is 13.8 Å². The molecule has 0 amide bonds. The van der Waals surface area contributed by atoms with Crippen LogP contribution >= 0.6 is 0 Å². The predicted molar refractivity (Wildman–Crippen MR) is 119 cm³/mol. The molecule has 0 unspecified atom stereocenters. The molecule has 2 bridgehead atoms. The maximum absolute atomic E-state index is 13.1. The molecule has 1 aliphatic heterocycles. The van der Waals surface area contributed by atoms with Crippen molar-refractivity contribution >= 4 is 17.9 Å². The van der Waals surface area contributed by atoms with E-state index in [0.29, 0.717) is 18.4 Å². The lowest BCUT2D eigenvalue weighted by Crippen LogP contribution is -2.73. The van der Waals surface area contributed by atoms with E-state index in [1.54, 1.807) is 24.3 Å². The maximum atomic E-state index is 13.1. The van der Waals surface area contributed by atoms with Gasteiger partial charge in [0.1, 0.15) is 23.9 Å². The Morgan fingerprint density at radius 2 is 1.55 bits per heavy atom. The zero-order valence-electron chi connectivity index (χ0n) is 20.3. The van der Waals surface area contributed by atoms with Gasteiger partial charge in [0, 0.05) is 19.8 Å². The molecule has 2 saturated carbocycles. The summed E-state index contributed by atoms with van der Waals surface area (Å²) in [5.41, 5.74) is -2.04. The minimum absolute atomic E-state index is 0.0128. The fourth-order valence-corrected chi connectivity index (χ4v) is 6.74. The number of benzene rings is 1. The van der Waals surface area contributed by atoms with Gasteiger partial charge in [-0.3, -0.25) is 9.59 Å². The lowest BCUT2D eigenvalue weighted by molar-refractivity contribution is -0.285. The fraction of sp³-hybridized carbons (Fsp3) is 0.654. The highest BCUT2D eigenvalue weighted by Crippen LogP contribution is 2.67. The van der Waals surface area contributed by atoms with Crippen molar-refractivity contribution in [3.63, 3.8) is 0 Å². The summed E-state index contributed by atoms with van der Waals surface area (Å²) >= 11 is 0. The monoisotopic (exact) mass is 458 g/mol. The molecule has 1 aromatic rings. The summed E-state index contributed by atoms with van der Waals surface area (Å²) in [7, 11) is 0. The smallest absolute Gasteiger partial charge is 0.338 e. The van der Waals surface area contributed by atoms with Crippen LogP contribution in [0.3, 0.4) is 0 Å². The van der Waals surface area contributed by atoms with E-state index >= 15 is 0 Å². The second kappa shape index (κ2) is 8.12. The molecule has 4 rings (SSSR count). The van der Waals surface area contributed by atoms with Crippen molar-refractivity contribution in [2.45, 2.75) is 90.3 Å². The number of carbonyl (C=O) groups excluding carboxylic acids is 3. The van der Waals surface area contributed by atoms with Crippen LogP contribution < -0.4 is 0 Å². The van der Waals surface area contributed by atoms with Gasteiger partial charge in [0.25, 0.3) is 0 Å². The second-order valence-corrected chi connectivity index (χ2v) is 10.5. The third-order valence-electron chi connectivity index (χ3n) is 8.21. The molecule has 0 aromatic heterocycles.